The van der Waals surface area contributed by atoms with E-state index in [9.17, 15) is 0 Å². The number of benzene rings is 1. The molecule has 0 aromatic heterocycles. The minimum absolute atomic E-state index is 0.810. The molecule has 0 atom stereocenters. The van der Waals surface area contributed by atoms with E-state index >= 15 is 0 Å². The van der Waals surface area contributed by atoms with Gasteiger partial charge in [0.1, 0.15) is 5.75 Å². The molecule has 0 aliphatic heterocycles. The molecular formula is C12H18O. The van der Waals surface area contributed by atoms with E-state index in [1.807, 2.05) is 0 Å². The van der Waals surface area contributed by atoms with Crippen LogP contribution in [-0.4, -0.2) is 6.61 Å². The van der Waals surface area contributed by atoms with E-state index < -0.39 is 0 Å². The molecular weight excluding hydrogens is 160 g/mol. The van der Waals surface area contributed by atoms with Crippen LogP contribution in [-0.2, 0) is 0 Å². The molecule has 0 bridgehead atoms. The Labute approximate surface area is 80.7 Å². The number of ether oxygens (including phenoxy) is 1. The Morgan fingerprint density at radius 2 is 1.62 bits per heavy atom. The molecule has 13 heavy (non-hydrogen) atoms. The minimum atomic E-state index is 0.810. The van der Waals surface area contributed by atoms with Crippen LogP contribution in [0, 0.1) is 20.8 Å². The van der Waals surface area contributed by atoms with Crippen LogP contribution < -0.4 is 4.74 Å². The van der Waals surface area contributed by atoms with E-state index in [-0.39, 0.29) is 0 Å². The van der Waals surface area contributed by atoms with E-state index in [2.05, 4.69) is 39.8 Å². The van der Waals surface area contributed by atoms with E-state index in [1.165, 1.54) is 16.7 Å². The fourth-order valence-electron chi connectivity index (χ4n) is 1.60. The second-order valence-electron chi connectivity index (χ2n) is 3.58. The Bertz CT molecular complexity index is 266. The number of hydrogen-bond donors (Lipinski definition) is 0. The number of aryl methyl sites for hydroxylation is 3. The highest BCUT2D eigenvalue weighted by Crippen LogP contribution is 2.24. The molecule has 72 valence electrons. The van der Waals surface area contributed by atoms with Gasteiger partial charge in [0, 0.05) is 0 Å². The van der Waals surface area contributed by atoms with Gasteiger partial charge in [-0.25, -0.2) is 0 Å². The lowest BCUT2D eigenvalue weighted by Crippen LogP contribution is -1.99. The van der Waals surface area contributed by atoms with Crippen molar-refractivity contribution in [3.05, 3.63) is 28.8 Å². The Morgan fingerprint density at radius 1 is 1.08 bits per heavy atom. The van der Waals surface area contributed by atoms with E-state index in [0.717, 1.165) is 18.8 Å². The van der Waals surface area contributed by atoms with Gasteiger partial charge in [-0.3, -0.25) is 0 Å². The maximum atomic E-state index is 5.67. The molecule has 1 rings (SSSR count). The minimum Gasteiger partial charge on any atom is -0.493 e. The van der Waals surface area contributed by atoms with E-state index in [4.69, 9.17) is 4.74 Å². The SMILES string of the molecule is CCCOc1c(C)cc(C)cc1C. The molecule has 0 aliphatic rings. The van der Waals surface area contributed by atoms with Crippen molar-refractivity contribution in [3.8, 4) is 5.75 Å². The van der Waals surface area contributed by atoms with Gasteiger partial charge < -0.3 is 4.74 Å². The normalized spacial score (nSPS) is 10.2. The van der Waals surface area contributed by atoms with Crippen molar-refractivity contribution in [1.29, 1.82) is 0 Å². The summed E-state index contributed by atoms with van der Waals surface area (Å²) in [7, 11) is 0. The van der Waals surface area contributed by atoms with Gasteiger partial charge in [0.25, 0.3) is 0 Å². The van der Waals surface area contributed by atoms with Crippen LogP contribution in [0.2, 0.25) is 0 Å². The topological polar surface area (TPSA) is 9.23 Å². The lowest BCUT2D eigenvalue weighted by molar-refractivity contribution is 0.313. The van der Waals surface area contributed by atoms with Crippen LogP contribution >= 0.6 is 0 Å². The molecule has 0 fully saturated rings. The molecule has 0 unspecified atom stereocenters. The highest BCUT2D eigenvalue weighted by Gasteiger charge is 2.03. The van der Waals surface area contributed by atoms with Crippen molar-refractivity contribution in [3.63, 3.8) is 0 Å². The fraction of sp³-hybridized carbons (Fsp3) is 0.500. The summed E-state index contributed by atoms with van der Waals surface area (Å²) < 4.78 is 5.67. The van der Waals surface area contributed by atoms with Crippen molar-refractivity contribution >= 4 is 0 Å². The number of hydrogen-bond acceptors (Lipinski definition) is 1. The molecule has 0 heterocycles. The Hall–Kier alpha value is -0.980. The Kier molecular flexibility index (Phi) is 3.35. The fourth-order valence-corrected chi connectivity index (χ4v) is 1.60. The summed E-state index contributed by atoms with van der Waals surface area (Å²) in [5.41, 5.74) is 3.79. The summed E-state index contributed by atoms with van der Waals surface area (Å²) in [5.74, 6) is 1.06. The van der Waals surface area contributed by atoms with Gasteiger partial charge in [-0.05, 0) is 38.3 Å². The first-order chi connectivity index (χ1) is 6.15. The molecule has 0 saturated carbocycles. The maximum Gasteiger partial charge on any atom is 0.125 e. The molecule has 0 radical (unpaired) electrons. The molecule has 0 saturated heterocycles. The second kappa shape index (κ2) is 4.31. The van der Waals surface area contributed by atoms with Crippen molar-refractivity contribution in [2.75, 3.05) is 6.61 Å². The highest BCUT2D eigenvalue weighted by molar-refractivity contribution is 5.42. The third-order valence-corrected chi connectivity index (χ3v) is 2.06. The van der Waals surface area contributed by atoms with Crippen LogP contribution in [0.3, 0.4) is 0 Å². The molecule has 0 amide bonds. The molecule has 0 aliphatic carbocycles. The molecule has 0 spiro atoms. The summed E-state index contributed by atoms with van der Waals surface area (Å²) in [6.07, 6.45) is 1.06. The molecule has 0 N–H and O–H groups in total. The van der Waals surface area contributed by atoms with Crippen molar-refractivity contribution < 1.29 is 4.74 Å². The summed E-state index contributed by atoms with van der Waals surface area (Å²) in [6, 6.07) is 4.33. The second-order valence-corrected chi connectivity index (χ2v) is 3.58. The largest absolute Gasteiger partial charge is 0.493 e. The molecule has 1 aromatic carbocycles. The van der Waals surface area contributed by atoms with Crippen LogP contribution in [0.25, 0.3) is 0 Å². The van der Waals surface area contributed by atoms with Gasteiger partial charge in [-0.15, -0.1) is 0 Å². The van der Waals surface area contributed by atoms with Gasteiger partial charge in [-0.2, -0.15) is 0 Å². The monoisotopic (exact) mass is 178 g/mol. The smallest absolute Gasteiger partial charge is 0.125 e. The zero-order valence-corrected chi connectivity index (χ0v) is 8.98. The van der Waals surface area contributed by atoms with Crippen LogP contribution in [0.5, 0.6) is 5.75 Å². The predicted molar refractivity (Wildman–Crippen MR) is 56.4 cm³/mol. The molecule has 1 nitrogen and oxygen atoms in total. The van der Waals surface area contributed by atoms with Gasteiger partial charge in [0.2, 0.25) is 0 Å². The van der Waals surface area contributed by atoms with Crippen molar-refractivity contribution in [2.24, 2.45) is 0 Å². The average Bonchev–Trinajstić information content (AvgIpc) is 2.02. The number of rotatable bonds is 3. The quantitative estimate of drug-likeness (QED) is 0.689. The van der Waals surface area contributed by atoms with Crippen molar-refractivity contribution in [1.82, 2.24) is 0 Å². The highest BCUT2D eigenvalue weighted by atomic mass is 16.5. The lowest BCUT2D eigenvalue weighted by Gasteiger charge is -2.12. The van der Waals surface area contributed by atoms with Crippen molar-refractivity contribution in [2.45, 2.75) is 34.1 Å². The Balaban J connectivity index is 2.92. The zero-order valence-electron chi connectivity index (χ0n) is 8.98. The summed E-state index contributed by atoms with van der Waals surface area (Å²) in [6.45, 7) is 9.25. The van der Waals surface area contributed by atoms with Gasteiger partial charge in [0.05, 0.1) is 6.61 Å². The van der Waals surface area contributed by atoms with Gasteiger partial charge in [0.15, 0.2) is 0 Å². The zero-order chi connectivity index (χ0) is 9.84. The van der Waals surface area contributed by atoms with Gasteiger partial charge >= 0.3 is 0 Å². The maximum absolute atomic E-state index is 5.67. The van der Waals surface area contributed by atoms with E-state index in [0.29, 0.717) is 0 Å². The first-order valence-electron chi connectivity index (χ1n) is 4.85. The summed E-state index contributed by atoms with van der Waals surface area (Å²) in [5, 5.41) is 0. The standard InChI is InChI=1S/C12H18O/c1-5-6-13-12-10(3)7-9(2)8-11(12)4/h7-8H,5-6H2,1-4H3. The molecule has 1 aromatic rings. The van der Waals surface area contributed by atoms with Crippen LogP contribution in [0.1, 0.15) is 30.0 Å². The predicted octanol–water partition coefficient (Wildman–Crippen LogP) is 3.40. The lowest BCUT2D eigenvalue weighted by atomic mass is 10.1. The first-order valence-corrected chi connectivity index (χ1v) is 4.85. The first kappa shape index (κ1) is 10.1. The third kappa shape index (κ3) is 2.48. The van der Waals surface area contributed by atoms with Gasteiger partial charge in [-0.1, -0.05) is 24.6 Å². The van der Waals surface area contributed by atoms with E-state index in [1.54, 1.807) is 0 Å². The van der Waals surface area contributed by atoms with Crippen LogP contribution in [0.4, 0.5) is 0 Å². The Morgan fingerprint density at radius 3 is 2.08 bits per heavy atom. The summed E-state index contributed by atoms with van der Waals surface area (Å²) in [4.78, 5) is 0. The average molecular weight is 178 g/mol. The third-order valence-electron chi connectivity index (χ3n) is 2.06. The summed E-state index contributed by atoms with van der Waals surface area (Å²) >= 11 is 0. The van der Waals surface area contributed by atoms with Crippen LogP contribution in [0.15, 0.2) is 12.1 Å². The molecule has 1 heteroatoms.